The molecule has 99 valence electrons. The summed E-state index contributed by atoms with van der Waals surface area (Å²) in [5.41, 5.74) is 0. The lowest BCUT2D eigenvalue weighted by Crippen LogP contribution is -2.08. The summed E-state index contributed by atoms with van der Waals surface area (Å²) in [6, 6.07) is 0. The Morgan fingerprint density at radius 2 is 1.82 bits per heavy atom. The SMILES string of the molecule is [CH2]CCCCCCC(=O)OCCC1CCCC1. The quantitative estimate of drug-likeness (QED) is 0.443. The molecule has 0 aromatic rings. The first-order valence-corrected chi connectivity index (χ1v) is 7.28. The standard InChI is InChI=1S/C15H27O2/c1-2-3-4-5-6-11-15(16)17-13-12-14-9-7-8-10-14/h14H,1-13H2. The average Bonchev–Trinajstić information content (AvgIpc) is 2.82. The van der Waals surface area contributed by atoms with Gasteiger partial charge in [-0.15, -0.1) is 0 Å². The first-order chi connectivity index (χ1) is 8.33. The Morgan fingerprint density at radius 1 is 1.12 bits per heavy atom. The highest BCUT2D eigenvalue weighted by Gasteiger charge is 2.15. The zero-order chi connectivity index (χ0) is 12.3. The molecule has 2 heteroatoms. The molecule has 1 radical (unpaired) electrons. The van der Waals surface area contributed by atoms with Crippen molar-refractivity contribution in [3.05, 3.63) is 6.92 Å². The van der Waals surface area contributed by atoms with Crippen LogP contribution in [0.25, 0.3) is 0 Å². The molecule has 0 aromatic carbocycles. The van der Waals surface area contributed by atoms with E-state index in [1.165, 1.54) is 38.5 Å². The van der Waals surface area contributed by atoms with Crippen molar-refractivity contribution in [2.24, 2.45) is 5.92 Å². The van der Waals surface area contributed by atoms with Crippen molar-refractivity contribution in [1.29, 1.82) is 0 Å². The molecule has 1 fully saturated rings. The maximum atomic E-state index is 11.4. The monoisotopic (exact) mass is 239 g/mol. The first kappa shape index (κ1) is 14.5. The molecule has 17 heavy (non-hydrogen) atoms. The van der Waals surface area contributed by atoms with Crippen molar-refractivity contribution in [1.82, 2.24) is 0 Å². The molecule has 0 aromatic heterocycles. The number of unbranched alkanes of at least 4 members (excludes halogenated alkanes) is 4. The van der Waals surface area contributed by atoms with Gasteiger partial charge in [0.25, 0.3) is 0 Å². The summed E-state index contributed by atoms with van der Waals surface area (Å²) < 4.78 is 5.26. The normalized spacial score (nSPS) is 16.3. The molecule has 0 heterocycles. The second kappa shape index (κ2) is 9.49. The average molecular weight is 239 g/mol. The Kier molecular flexibility index (Phi) is 8.12. The van der Waals surface area contributed by atoms with Gasteiger partial charge in [0, 0.05) is 6.42 Å². The third kappa shape index (κ3) is 7.40. The Labute approximate surface area is 106 Å². The van der Waals surface area contributed by atoms with Crippen LogP contribution in [0.2, 0.25) is 0 Å². The van der Waals surface area contributed by atoms with Crippen LogP contribution in [0.1, 0.15) is 70.6 Å². The van der Waals surface area contributed by atoms with E-state index in [1.54, 1.807) is 0 Å². The van der Waals surface area contributed by atoms with Gasteiger partial charge in [0.05, 0.1) is 6.61 Å². The molecular weight excluding hydrogens is 212 g/mol. The summed E-state index contributed by atoms with van der Waals surface area (Å²) in [5.74, 6) is 0.817. The topological polar surface area (TPSA) is 26.3 Å². The predicted molar refractivity (Wildman–Crippen MR) is 70.6 cm³/mol. The van der Waals surface area contributed by atoms with Gasteiger partial charge in [-0.3, -0.25) is 4.79 Å². The van der Waals surface area contributed by atoms with Crippen LogP contribution in [0.3, 0.4) is 0 Å². The maximum absolute atomic E-state index is 11.4. The number of rotatable bonds is 9. The Balaban J connectivity index is 1.86. The Hall–Kier alpha value is -0.530. The third-order valence-electron chi connectivity index (χ3n) is 3.64. The minimum absolute atomic E-state index is 0.00220. The molecule has 1 saturated carbocycles. The van der Waals surface area contributed by atoms with Crippen LogP contribution in [0.4, 0.5) is 0 Å². The second-order valence-electron chi connectivity index (χ2n) is 5.18. The summed E-state index contributed by atoms with van der Waals surface area (Å²) in [7, 11) is 0. The molecular formula is C15H27O2. The number of carbonyl (C=O) groups is 1. The van der Waals surface area contributed by atoms with Crippen molar-refractivity contribution in [2.45, 2.75) is 70.6 Å². The molecule has 0 aliphatic heterocycles. The summed E-state index contributed by atoms with van der Waals surface area (Å²) in [6.45, 7) is 4.45. The molecule has 1 rings (SSSR count). The maximum Gasteiger partial charge on any atom is 0.305 e. The molecule has 2 nitrogen and oxygen atoms in total. The third-order valence-corrected chi connectivity index (χ3v) is 3.64. The summed E-state index contributed by atoms with van der Waals surface area (Å²) >= 11 is 0. The van der Waals surface area contributed by atoms with Crippen molar-refractivity contribution in [3.8, 4) is 0 Å². The lowest BCUT2D eigenvalue weighted by atomic mass is 10.1. The summed E-state index contributed by atoms with van der Waals surface area (Å²) in [6.07, 6.45) is 12.6. The molecule has 0 unspecified atom stereocenters. The van der Waals surface area contributed by atoms with Crippen LogP contribution >= 0.6 is 0 Å². The van der Waals surface area contributed by atoms with Gasteiger partial charge < -0.3 is 4.74 Å². The molecule has 1 aliphatic carbocycles. The van der Waals surface area contributed by atoms with Gasteiger partial charge in [-0.2, -0.15) is 0 Å². The van der Waals surface area contributed by atoms with Crippen LogP contribution < -0.4 is 0 Å². The van der Waals surface area contributed by atoms with Gasteiger partial charge >= 0.3 is 5.97 Å². The zero-order valence-corrected chi connectivity index (χ0v) is 11.1. The fourth-order valence-electron chi connectivity index (χ4n) is 2.51. The van der Waals surface area contributed by atoms with Gasteiger partial charge in [0.15, 0.2) is 0 Å². The molecule has 0 atom stereocenters. The lowest BCUT2D eigenvalue weighted by Gasteiger charge is -2.09. The number of carbonyl (C=O) groups excluding carboxylic acids is 1. The molecule has 0 bridgehead atoms. The van der Waals surface area contributed by atoms with Crippen LogP contribution in [-0.2, 0) is 9.53 Å². The molecule has 0 saturated heterocycles. The Morgan fingerprint density at radius 3 is 2.53 bits per heavy atom. The second-order valence-corrected chi connectivity index (χ2v) is 5.18. The zero-order valence-electron chi connectivity index (χ0n) is 11.1. The highest BCUT2D eigenvalue weighted by Crippen LogP contribution is 2.27. The van der Waals surface area contributed by atoms with Crippen LogP contribution in [0, 0.1) is 12.8 Å². The number of hydrogen-bond donors (Lipinski definition) is 0. The molecule has 0 spiro atoms. The Bertz CT molecular complexity index is 195. The van der Waals surface area contributed by atoms with E-state index in [1.807, 2.05) is 0 Å². The van der Waals surface area contributed by atoms with Crippen molar-refractivity contribution < 1.29 is 9.53 Å². The minimum atomic E-state index is -0.00220. The van der Waals surface area contributed by atoms with E-state index in [2.05, 4.69) is 6.92 Å². The minimum Gasteiger partial charge on any atom is -0.466 e. The molecule has 0 amide bonds. The summed E-state index contributed by atoms with van der Waals surface area (Å²) in [5, 5.41) is 0. The molecule has 1 aliphatic rings. The lowest BCUT2D eigenvalue weighted by molar-refractivity contribution is -0.144. The highest BCUT2D eigenvalue weighted by molar-refractivity contribution is 5.69. The van der Waals surface area contributed by atoms with E-state index < -0.39 is 0 Å². The van der Waals surface area contributed by atoms with Crippen LogP contribution in [0.15, 0.2) is 0 Å². The van der Waals surface area contributed by atoms with Gasteiger partial charge in [0.1, 0.15) is 0 Å². The van der Waals surface area contributed by atoms with E-state index in [0.717, 1.165) is 31.6 Å². The predicted octanol–water partition coefficient (Wildman–Crippen LogP) is 4.28. The van der Waals surface area contributed by atoms with Crippen LogP contribution in [0.5, 0.6) is 0 Å². The van der Waals surface area contributed by atoms with Gasteiger partial charge in [-0.05, 0) is 18.8 Å². The van der Waals surface area contributed by atoms with Crippen LogP contribution in [-0.4, -0.2) is 12.6 Å². The summed E-state index contributed by atoms with van der Waals surface area (Å²) in [4.78, 5) is 11.4. The van der Waals surface area contributed by atoms with E-state index in [-0.39, 0.29) is 5.97 Å². The first-order valence-electron chi connectivity index (χ1n) is 7.28. The highest BCUT2D eigenvalue weighted by atomic mass is 16.5. The largest absolute Gasteiger partial charge is 0.466 e. The van der Waals surface area contributed by atoms with Gasteiger partial charge in [0.2, 0.25) is 0 Å². The van der Waals surface area contributed by atoms with E-state index in [9.17, 15) is 4.79 Å². The number of hydrogen-bond acceptors (Lipinski definition) is 2. The number of ether oxygens (including phenoxy) is 1. The fourth-order valence-corrected chi connectivity index (χ4v) is 2.51. The van der Waals surface area contributed by atoms with E-state index in [4.69, 9.17) is 4.74 Å². The fraction of sp³-hybridized carbons (Fsp3) is 0.867. The van der Waals surface area contributed by atoms with Crippen molar-refractivity contribution >= 4 is 5.97 Å². The molecule has 0 N–H and O–H groups in total. The van der Waals surface area contributed by atoms with Gasteiger partial charge in [-0.1, -0.05) is 58.3 Å². The van der Waals surface area contributed by atoms with E-state index >= 15 is 0 Å². The smallest absolute Gasteiger partial charge is 0.305 e. The van der Waals surface area contributed by atoms with Crippen molar-refractivity contribution in [3.63, 3.8) is 0 Å². The van der Waals surface area contributed by atoms with Crippen molar-refractivity contribution in [2.75, 3.05) is 6.61 Å². The van der Waals surface area contributed by atoms with E-state index in [0.29, 0.717) is 13.0 Å². The number of esters is 1. The van der Waals surface area contributed by atoms with Gasteiger partial charge in [-0.25, -0.2) is 0 Å².